The molecule has 0 saturated carbocycles. The molecule has 0 bridgehead atoms. The predicted octanol–water partition coefficient (Wildman–Crippen LogP) is 5.45. The maximum atomic E-state index is 6.26. The number of halogens is 1. The molecule has 0 radical (unpaired) electrons. The number of aryl methyl sites for hydroxylation is 1. The first-order chi connectivity index (χ1) is 12.2. The minimum absolute atomic E-state index is 0.653. The molecule has 0 fully saturated rings. The van der Waals surface area contributed by atoms with E-state index >= 15 is 0 Å². The van der Waals surface area contributed by atoms with Crippen LogP contribution in [-0.4, -0.2) is 21.5 Å². The highest BCUT2D eigenvalue weighted by molar-refractivity contribution is 7.99. The lowest BCUT2D eigenvalue weighted by Gasteiger charge is -2.02. The molecule has 0 aliphatic rings. The van der Waals surface area contributed by atoms with Crippen molar-refractivity contribution in [2.24, 2.45) is 0 Å². The molecule has 25 heavy (non-hydrogen) atoms. The summed E-state index contributed by atoms with van der Waals surface area (Å²) in [6.07, 6.45) is 3.99. The SMILES string of the molecule is COc1ccc(Sc2cc(-c3c(C)nc4c(Cl)cccn34)c[nH]2)cc1. The number of hydrogen-bond acceptors (Lipinski definition) is 3. The highest BCUT2D eigenvalue weighted by atomic mass is 35.5. The minimum atomic E-state index is 0.653. The zero-order valence-corrected chi connectivity index (χ0v) is 15.4. The Bertz CT molecular complexity index is 1040. The second kappa shape index (κ2) is 6.50. The maximum Gasteiger partial charge on any atom is 0.156 e. The van der Waals surface area contributed by atoms with Gasteiger partial charge in [0.2, 0.25) is 0 Å². The molecule has 0 amide bonds. The van der Waals surface area contributed by atoms with E-state index in [2.05, 4.69) is 16.0 Å². The Labute approximate surface area is 154 Å². The fourth-order valence-electron chi connectivity index (χ4n) is 2.84. The molecule has 0 aliphatic heterocycles. The number of nitrogens with zero attached hydrogens (tertiary/aromatic N) is 2. The molecule has 6 heteroatoms. The van der Waals surface area contributed by atoms with E-state index in [9.17, 15) is 0 Å². The van der Waals surface area contributed by atoms with E-state index in [4.69, 9.17) is 16.3 Å². The number of imidazole rings is 1. The highest BCUT2D eigenvalue weighted by Gasteiger charge is 2.14. The number of ether oxygens (including phenoxy) is 1. The Morgan fingerprint density at radius 1 is 1.20 bits per heavy atom. The average Bonchev–Trinajstić information content (AvgIpc) is 3.20. The van der Waals surface area contributed by atoms with Crippen molar-refractivity contribution in [1.82, 2.24) is 14.4 Å². The van der Waals surface area contributed by atoms with E-state index in [-0.39, 0.29) is 0 Å². The number of fused-ring (bicyclic) bond motifs is 1. The summed E-state index contributed by atoms with van der Waals surface area (Å²) in [6.45, 7) is 2.00. The van der Waals surface area contributed by atoms with E-state index in [0.717, 1.165) is 38.3 Å². The average molecular weight is 370 g/mol. The molecule has 0 atom stereocenters. The van der Waals surface area contributed by atoms with Gasteiger partial charge in [-0.1, -0.05) is 23.4 Å². The molecular formula is C19H16ClN3OS. The highest BCUT2D eigenvalue weighted by Crippen LogP contribution is 2.33. The summed E-state index contributed by atoms with van der Waals surface area (Å²) in [5.41, 5.74) is 3.87. The van der Waals surface area contributed by atoms with Crippen molar-refractivity contribution in [3.8, 4) is 17.0 Å². The van der Waals surface area contributed by atoms with Crippen molar-refractivity contribution in [1.29, 1.82) is 0 Å². The Morgan fingerprint density at radius 3 is 2.76 bits per heavy atom. The third-order valence-corrected chi connectivity index (χ3v) is 5.25. The van der Waals surface area contributed by atoms with Crippen LogP contribution in [0.1, 0.15) is 5.69 Å². The van der Waals surface area contributed by atoms with Crippen molar-refractivity contribution < 1.29 is 4.74 Å². The number of pyridine rings is 1. The predicted molar refractivity (Wildman–Crippen MR) is 102 cm³/mol. The van der Waals surface area contributed by atoms with Crippen LogP contribution in [-0.2, 0) is 0 Å². The van der Waals surface area contributed by atoms with Gasteiger partial charge in [-0.25, -0.2) is 4.98 Å². The van der Waals surface area contributed by atoms with Gasteiger partial charge >= 0.3 is 0 Å². The van der Waals surface area contributed by atoms with Crippen molar-refractivity contribution in [3.05, 3.63) is 65.6 Å². The number of methoxy groups -OCH3 is 1. The summed E-state index contributed by atoms with van der Waals surface area (Å²) in [4.78, 5) is 9.08. The van der Waals surface area contributed by atoms with E-state index < -0.39 is 0 Å². The van der Waals surface area contributed by atoms with Gasteiger partial charge < -0.3 is 9.72 Å². The van der Waals surface area contributed by atoms with Gasteiger partial charge in [0.15, 0.2) is 5.65 Å². The Morgan fingerprint density at radius 2 is 2.00 bits per heavy atom. The van der Waals surface area contributed by atoms with Crippen LogP contribution in [0.25, 0.3) is 16.9 Å². The van der Waals surface area contributed by atoms with Crippen LogP contribution >= 0.6 is 23.4 Å². The first-order valence-electron chi connectivity index (χ1n) is 7.79. The summed E-state index contributed by atoms with van der Waals surface area (Å²) in [5, 5.41) is 1.72. The number of hydrogen-bond donors (Lipinski definition) is 1. The molecular weight excluding hydrogens is 354 g/mol. The number of aromatic nitrogens is 3. The van der Waals surface area contributed by atoms with Gasteiger partial charge in [0.25, 0.3) is 0 Å². The fraction of sp³-hybridized carbons (Fsp3) is 0.105. The van der Waals surface area contributed by atoms with Crippen LogP contribution in [0.2, 0.25) is 5.02 Å². The third kappa shape index (κ3) is 3.01. The number of nitrogens with one attached hydrogen (secondary N) is 1. The van der Waals surface area contributed by atoms with E-state index in [0.29, 0.717) is 5.02 Å². The topological polar surface area (TPSA) is 42.3 Å². The largest absolute Gasteiger partial charge is 0.497 e. The van der Waals surface area contributed by atoms with Crippen LogP contribution < -0.4 is 4.74 Å². The van der Waals surface area contributed by atoms with E-state index in [1.807, 2.05) is 60.1 Å². The van der Waals surface area contributed by atoms with Gasteiger partial charge in [-0.2, -0.15) is 0 Å². The van der Waals surface area contributed by atoms with Crippen molar-refractivity contribution in [3.63, 3.8) is 0 Å². The van der Waals surface area contributed by atoms with Gasteiger partial charge in [-0.05, 0) is 49.4 Å². The lowest BCUT2D eigenvalue weighted by atomic mass is 10.2. The molecule has 0 unspecified atom stereocenters. The van der Waals surface area contributed by atoms with Crippen molar-refractivity contribution >= 4 is 29.0 Å². The minimum Gasteiger partial charge on any atom is -0.497 e. The van der Waals surface area contributed by atoms with Crippen LogP contribution in [0.3, 0.4) is 0 Å². The molecule has 4 rings (SSSR count). The number of H-pyrrole nitrogens is 1. The maximum absolute atomic E-state index is 6.26. The zero-order chi connectivity index (χ0) is 17.4. The molecule has 3 aromatic heterocycles. The molecule has 3 heterocycles. The van der Waals surface area contributed by atoms with Gasteiger partial charge in [-0.15, -0.1) is 0 Å². The summed E-state index contributed by atoms with van der Waals surface area (Å²) in [7, 11) is 1.67. The van der Waals surface area contributed by atoms with E-state index in [1.54, 1.807) is 18.9 Å². The lowest BCUT2D eigenvalue weighted by molar-refractivity contribution is 0.414. The van der Waals surface area contributed by atoms with Crippen LogP contribution in [0.15, 0.2) is 64.8 Å². The van der Waals surface area contributed by atoms with Gasteiger partial charge in [0.1, 0.15) is 5.75 Å². The first-order valence-corrected chi connectivity index (χ1v) is 8.99. The normalized spacial score (nSPS) is 11.2. The molecule has 4 nitrogen and oxygen atoms in total. The molecule has 1 N–H and O–H groups in total. The third-order valence-electron chi connectivity index (χ3n) is 3.99. The van der Waals surface area contributed by atoms with Crippen LogP contribution in [0, 0.1) is 6.92 Å². The van der Waals surface area contributed by atoms with Gasteiger partial charge in [-0.3, -0.25) is 4.40 Å². The zero-order valence-electron chi connectivity index (χ0n) is 13.8. The second-order valence-corrected chi connectivity index (χ2v) is 7.15. The second-order valence-electron chi connectivity index (χ2n) is 5.63. The monoisotopic (exact) mass is 369 g/mol. The summed E-state index contributed by atoms with van der Waals surface area (Å²) < 4.78 is 7.23. The molecule has 126 valence electrons. The number of rotatable bonds is 4. The van der Waals surface area contributed by atoms with Gasteiger partial charge in [0.05, 0.1) is 28.5 Å². The van der Waals surface area contributed by atoms with Crippen LogP contribution in [0.4, 0.5) is 0 Å². The molecule has 0 saturated heterocycles. The van der Waals surface area contributed by atoms with Crippen molar-refractivity contribution in [2.75, 3.05) is 7.11 Å². The van der Waals surface area contributed by atoms with E-state index in [1.165, 1.54) is 0 Å². The molecule has 4 aromatic rings. The Balaban J connectivity index is 1.67. The summed E-state index contributed by atoms with van der Waals surface area (Å²) >= 11 is 7.93. The fourth-order valence-corrected chi connectivity index (χ4v) is 3.87. The Hall–Kier alpha value is -2.37. The first kappa shape index (κ1) is 16.1. The lowest BCUT2D eigenvalue weighted by Crippen LogP contribution is -1.87. The standard InChI is InChI=1S/C19H16ClN3OS/c1-12-18(23-9-3-4-16(20)19(23)22-12)13-10-17(21-11-13)25-15-7-5-14(24-2)6-8-15/h3-11,21H,1-2H3. The summed E-state index contributed by atoms with van der Waals surface area (Å²) in [6, 6.07) is 13.9. The van der Waals surface area contributed by atoms with Crippen LogP contribution in [0.5, 0.6) is 5.75 Å². The quantitative estimate of drug-likeness (QED) is 0.520. The van der Waals surface area contributed by atoms with Gasteiger partial charge in [0, 0.05) is 22.9 Å². The summed E-state index contributed by atoms with van der Waals surface area (Å²) in [5.74, 6) is 0.856. The van der Waals surface area contributed by atoms with Crippen molar-refractivity contribution in [2.45, 2.75) is 16.8 Å². The smallest absolute Gasteiger partial charge is 0.156 e. The molecule has 1 aromatic carbocycles. The number of benzene rings is 1. The Kier molecular flexibility index (Phi) is 4.19. The molecule has 0 spiro atoms. The number of aromatic amines is 1. The molecule has 0 aliphatic carbocycles.